The predicted molar refractivity (Wildman–Crippen MR) is 121 cm³/mol. The lowest BCUT2D eigenvalue weighted by Crippen LogP contribution is -2.42. The highest BCUT2D eigenvalue weighted by Crippen LogP contribution is 2.28. The molecule has 1 amide bonds. The van der Waals surface area contributed by atoms with Crippen LogP contribution in [0, 0.1) is 0 Å². The monoisotopic (exact) mass is 447 g/mol. The molecule has 1 aliphatic rings. The van der Waals surface area contributed by atoms with Crippen LogP contribution < -0.4 is 21.5 Å². The second kappa shape index (κ2) is 9.13. The first-order valence-corrected chi connectivity index (χ1v) is 12.0. The smallest absolute Gasteiger partial charge is 0.333 e. The molecule has 0 saturated carbocycles. The molecule has 0 radical (unpaired) electrons. The van der Waals surface area contributed by atoms with E-state index in [4.69, 9.17) is 0 Å². The SMILES string of the molecule is CCCn1c(=O)c2sc(N3CCCCC3)nc2n(CC(=O)NCc2cccs2)c1=O. The molecule has 0 bridgehead atoms. The van der Waals surface area contributed by atoms with Crippen LogP contribution in [0.25, 0.3) is 10.3 Å². The molecule has 3 aromatic heterocycles. The number of nitrogens with zero attached hydrogens (tertiary/aromatic N) is 4. The third-order valence-electron chi connectivity index (χ3n) is 5.17. The normalized spacial score (nSPS) is 14.4. The topological polar surface area (TPSA) is 89.2 Å². The summed E-state index contributed by atoms with van der Waals surface area (Å²) in [4.78, 5) is 46.4. The Morgan fingerprint density at radius 2 is 2.00 bits per heavy atom. The molecule has 3 aromatic rings. The van der Waals surface area contributed by atoms with E-state index in [2.05, 4.69) is 15.2 Å². The van der Waals surface area contributed by atoms with E-state index in [0.29, 0.717) is 29.9 Å². The van der Waals surface area contributed by atoms with Crippen molar-refractivity contribution in [2.24, 2.45) is 0 Å². The van der Waals surface area contributed by atoms with Gasteiger partial charge in [0.05, 0.1) is 6.54 Å². The van der Waals surface area contributed by atoms with Crippen molar-refractivity contribution in [1.82, 2.24) is 19.4 Å². The van der Waals surface area contributed by atoms with Gasteiger partial charge in [-0.15, -0.1) is 11.3 Å². The number of rotatable bonds is 7. The zero-order valence-corrected chi connectivity index (χ0v) is 18.6. The fraction of sp³-hybridized carbons (Fsp3) is 0.500. The van der Waals surface area contributed by atoms with Gasteiger partial charge in [-0.2, -0.15) is 0 Å². The number of amides is 1. The minimum Gasteiger partial charge on any atom is -0.350 e. The summed E-state index contributed by atoms with van der Waals surface area (Å²) in [6.45, 7) is 4.29. The highest BCUT2D eigenvalue weighted by molar-refractivity contribution is 7.22. The number of hydrogen-bond donors (Lipinski definition) is 1. The number of thiophene rings is 1. The fourth-order valence-electron chi connectivity index (χ4n) is 3.65. The van der Waals surface area contributed by atoms with Gasteiger partial charge in [-0.3, -0.25) is 18.7 Å². The molecule has 0 aromatic carbocycles. The Morgan fingerprint density at radius 3 is 2.70 bits per heavy atom. The molecule has 8 nitrogen and oxygen atoms in total. The predicted octanol–water partition coefficient (Wildman–Crippen LogP) is 2.40. The second-order valence-corrected chi connectivity index (χ2v) is 9.39. The van der Waals surface area contributed by atoms with Gasteiger partial charge in [0, 0.05) is 24.5 Å². The number of aromatic nitrogens is 3. The minimum absolute atomic E-state index is 0.159. The quantitative estimate of drug-likeness (QED) is 0.601. The van der Waals surface area contributed by atoms with Gasteiger partial charge in [0.25, 0.3) is 5.56 Å². The van der Waals surface area contributed by atoms with Crippen molar-refractivity contribution in [2.45, 2.75) is 52.2 Å². The van der Waals surface area contributed by atoms with Gasteiger partial charge >= 0.3 is 5.69 Å². The Balaban J connectivity index is 1.70. The molecule has 0 unspecified atom stereocenters. The van der Waals surface area contributed by atoms with Crippen LogP contribution in [0.1, 0.15) is 37.5 Å². The van der Waals surface area contributed by atoms with E-state index in [1.165, 1.54) is 26.9 Å². The number of carbonyl (C=O) groups excluding carboxylic acids is 1. The van der Waals surface area contributed by atoms with Gasteiger partial charge in [-0.1, -0.05) is 24.3 Å². The van der Waals surface area contributed by atoms with Gasteiger partial charge in [0.1, 0.15) is 11.2 Å². The first-order valence-electron chi connectivity index (χ1n) is 10.3. The van der Waals surface area contributed by atoms with Crippen molar-refractivity contribution in [3.63, 3.8) is 0 Å². The van der Waals surface area contributed by atoms with E-state index in [0.717, 1.165) is 35.9 Å². The summed E-state index contributed by atoms with van der Waals surface area (Å²) in [7, 11) is 0. The lowest BCUT2D eigenvalue weighted by atomic mass is 10.1. The zero-order chi connectivity index (χ0) is 21.1. The Kier molecular flexibility index (Phi) is 6.33. The van der Waals surface area contributed by atoms with Crippen LogP contribution in [0.4, 0.5) is 5.13 Å². The first kappa shape index (κ1) is 20.8. The third kappa shape index (κ3) is 4.20. The Morgan fingerprint density at radius 1 is 1.20 bits per heavy atom. The van der Waals surface area contributed by atoms with Gasteiger partial charge < -0.3 is 10.2 Å². The number of carbonyl (C=O) groups is 1. The maximum Gasteiger partial charge on any atom is 0.333 e. The Bertz CT molecular complexity index is 1140. The Labute approximate surface area is 181 Å². The van der Waals surface area contributed by atoms with Crippen molar-refractivity contribution in [2.75, 3.05) is 18.0 Å². The van der Waals surface area contributed by atoms with E-state index in [-0.39, 0.29) is 18.0 Å². The van der Waals surface area contributed by atoms with Crippen molar-refractivity contribution >= 4 is 44.1 Å². The highest BCUT2D eigenvalue weighted by Gasteiger charge is 2.22. The number of fused-ring (bicyclic) bond motifs is 1. The molecule has 160 valence electrons. The van der Waals surface area contributed by atoms with Crippen LogP contribution in [-0.4, -0.2) is 33.1 Å². The van der Waals surface area contributed by atoms with Gasteiger partial charge in [0.2, 0.25) is 5.91 Å². The minimum atomic E-state index is -0.476. The van der Waals surface area contributed by atoms with E-state index in [1.807, 2.05) is 24.4 Å². The molecule has 4 heterocycles. The number of nitrogens with one attached hydrogen (secondary N) is 1. The highest BCUT2D eigenvalue weighted by atomic mass is 32.1. The van der Waals surface area contributed by atoms with Gasteiger partial charge in [0.15, 0.2) is 10.8 Å². The molecule has 4 rings (SSSR count). The van der Waals surface area contributed by atoms with Crippen LogP contribution in [-0.2, 0) is 24.4 Å². The van der Waals surface area contributed by atoms with Crippen molar-refractivity contribution in [1.29, 1.82) is 0 Å². The summed E-state index contributed by atoms with van der Waals surface area (Å²) in [5, 5.41) is 5.56. The van der Waals surface area contributed by atoms with E-state index >= 15 is 0 Å². The molecule has 0 atom stereocenters. The maximum atomic E-state index is 13.0. The molecule has 30 heavy (non-hydrogen) atoms. The fourth-order valence-corrected chi connectivity index (χ4v) is 5.37. The van der Waals surface area contributed by atoms with E-state index in [1.54, 1.807) is 11.3 Å². The molecule has 0 aliphatic carbocycles. The number of thiazole rings is 1. The summed E-state index contributed by atoms with van der Waals surface area (Å²) >= 11 is 2.89. The Hall–Kier alpha value is -2.46. The van der Waals surface area contributed by atoms with Crippen molar-refractivity contribution < 1.29 is 4.79 Å². The lowest BCUT2D eigenvalue weighted by Gasteiger charge is -2.25. The molecule has 1 saturated heterocycles. The average molecular weight is 448 g/mol. The largest absolute Gasteiger partial charge is 0.350 e. The number of piperidine rings is 1. The van der Waals surface area contributed by atoms with E-state index in [9.17, 15) is 14.4 Å². The summed E-state index contributed by atoms with van der Waals surface area (Å²) < 4.78 is 3.02. The molecule has 10 heteroatoms. The molecule has 1 fully saturated rings. The average Bonchev–Trinajstić information content (AvgIpc) is 3.44. The van der Waals surface area contributed by atoms with Crippen molar-refractivity contribution in [3.8, 4) is 0 Å². The summed E-state index contributed by atoms with van der Waals surface area (Å²) in [6.07, 6.45) is 4.03. The van der Waals surface area contributed by atoms with Crippen LogP contribution in [0.5, 0.6) is 0 Å². The molecular formula is C20H25N5O3S2. The van der Waals surface area contributed by atoms with Crippen molar-refractivity contribution in [3.05, 3.63) is 43.2 Å². The van der Waals surface area contributed by atoms with Gasteiger partial charge in [-0.25, -0.2) is 9.78 Å². The molecule has 1 aliphatic heterocycles. The van der Waals surface area contributed by atoms with Crippen LogP contribution in [0.15, 0.2) is 27.1 Å². The molecular weight excluding hydrogens is 422 g/mol. The standard InChI is InChI=1S/C20H25N5O3S2/c1-2-8-24-18(27)16-17(22-19(30-16)23-9-4-3-5-10-23)25(20(24)28)13-15(26)21-12-14-7-6-11-29-14/h6-7,11H,2-5,8-10,12-13H2,1H3,(H,21,26). The summed E-state index contributed by atoms with van der Waals surface area (Å²) in [5.41, 5.74) is -0.474. The maximum absolute atomic E-state index is 13.0. The van der Waals surface area contributed by atoms with Crippen LogP contribution in [0.2, 0.25) is 0 Å². The molecule has 0 spiro atoms. The number of hydrogen-bond acceptors (Lipinski definition) is 7. The summed E-state index contributed by atoms with van der Waals surface area (Å²) in [6, 6.07) is 3.88. The second-order valence-electron chi connectivity index (χ2n) is 7.38. The lowest BCUT2D eigenvalue weighted by molar-refractivity contribution is -0.121. The van der Waals surface area contributed by atoms with Gasteiger partial charge in [-0.05, 0) is 37.1 Å². The zero-order valence-electron chi connectivity index (χ0n) is 16.9. The summed E-state index contributed by atoms with van der Waals surface area (Å²) in [5.74, 6) is -0.277. The number of anilines is 1. The third-order valence-corrected chi connectivity index (χ3v) is 7.14. The van der Waals surface area contributed by atoms with Crippen LogP contribution >= 0.6 is 22.7 Å². The molecule has 1 N–H and O–H groups in total. The van der Waals surface area contributed by atoms with E-state index < -0.39 is 5.69 Å². The van der Waals surface area contributed by atoms with Crippen LogP contribution in [0.3, 0.4) is 0 Å². The first-order chi connectivity index (χ1) is 14.6.